The summed E-state index contributed by atoms with van der Waals surface area (Å²) in [6, 6.07) is 0. The molecule has 0 nitrogen and oxygen atoms in total. The van der Waals surface area contributed by atoms with Crippen LogP contribution in [0.3, 0.4) is 0 Å². The van der Waals surface area contributed by atoms with E-state index in [-0.39, 0.29) is 0 Å². The second-order valence-electron chi connectivity index (χ2n) is 1.42. The normalized spacial score (nSPS) is 13.4. The van der Waals surface area contributed by atoms with Crippen LogP contribution in [0.1, 0.15) is 0 Å². The van der Waals surface area contributed by atoms with E-state index in [1.807, 2.05) is 0 Å². The first kappa shape index (κ1) is 15.5. The van der Waals surface area contributed by atoms with Crippen LogP contribution >= 0.6 is 23.2 Å². The van der Waals surface area contributed by atoms with Crippen molar-refractivity contribution in [1.29, 1.82) is 0 Å². The average Bonchev–Trinajstić information content (AvgIpc) is 1.50. The second-order valence-corrected chi connectivity index (χ2v) is 2.33. The molecule has 0 aromatic rings. The van der Waals surface area contributed by atoms with Crippen molar-refractivity contribution in [3.05, 3.63) is 0 Å². The Bertz CT molecular complexity index is 121. The molecule has 0 N–H and O–H groups in total. The second kappa shape index (κ2) is 4.50. The van der Waals surface area contributed by atoms with Crippen LogP contribution in [0.2, 0.25) is 0 Å². The van der Waals surface area contributed by atoms with Crippen molar-refractivity contribution in [1.82, 2.24) is 0 Å². The van der Waals surface area contributed by atoms with E-state index in [1.165, 1.54) is 0 Å². The molecule has 0 fully saturated rings. The maximum atomic E-state index is 10.9. The Hall–Kier alpha value is 0.0200. The predicted molar refractivity (Wildman–Crippen MR) is 28.8 cm³/mol. The van der Waals surface area contributed by atoms with Gasteiger partial charge in [0.2, 0.25) is 0 Å². The Balaban J connectivity index is 0. The first-order valence-corrected chi connectivity index (χ1v) is 2.90. The molecule has 0 radical (unpaired) electrons. The molecule has 0 unspecified atom stereocenters. The van der Waals surface area contributed by atoms with Crippen molar-refractivity contribution >= 4 is 23.2 Å². The van der Waals surface area contributed by atoms with Crippen molar-refractivity contribution in [2.24, 2.45) is 0 Å². The highest BCUT2D eigenvalue weighted by Gasteiger charge is 2.56. The largest absolute Gasteiger partial charge is 0.475 e. The molecule has 0 saturated heterocycles. The van der Waals surface area contributed by atoms with E-state index < -0.39 is 17.2 Å². The van der Waals surface area contributed by atoms with E-state index in [4.69, 9.17) is 0 Å². The SMILES string of the molecule is FC(F)(F)C(F)(F)Cl.FC(F)(F)Cl. The van der Waals surface area contributed by atoms with Crippen molar-refractivity contribution < 1.29 is 35.1 Å². The first-order valence-electron chi connectivity index (χ1n) is 2.14. The number of hydrogen-bond donors (Lipinski definition) is 0. The van der Waals surface area contributed by atoms with Gasteiger partial charge < -0.3 is 0 Å². The van der Waals surface area contributed by atoms with Gasteiger partial charge in [-0.2, -0.15) is 35.1 Å². The summed E-state index contributed by atoms with van der Waals surface area (Å²) in [5.74, 6) is 0. The van der Waals surface area contributed by atoms with Gasteiger partial charge >= 0.3 is 17.2 Å². The van der Waals surface area contributed by atoms with E-state index in [0.29, 0.717) is 0 Å². The minimum Gasteiger partial charge on any atom is -0.177 e. The molecule has 0 aliphatic rings. The standard InChI is InChI=1S/C2ClF5.CClF3/c3-1(4,5)2(6,7)8;2-1(3,4)5. The van der Waals surface area contributed by atoms with Crippen LogP contribution in [0.4, 0.5) is 35.1 Å². The van der Waals surface area contributed by atoms with Gasteiger partial charge in [-0.1, -0.05) is 0 Å². The highest BCUT2D eigenvalue weighted by atomic mass is 35.5. The molecule has 0 aliphatic carbocycles. The van der Waals surface area contributed by atoms with Crippen LogP contribution in [0.5, 0.6) is 0 Å². The van der Waals surface area contributed by atoms with Crippen LogP contribution in [0.25, 0.3) is 0 Å². The molecule has 13 heavy (non-hydrogen) atoms. The minimum atomic E-state index is -5.63. The molecular formula is C3Cl2F8. The third kappa shape index (κ3) is 14.8. The molecule has 0 atom stereocenters. The maximum absolute atomic E-state index is 10.9. The average molecular weight is 259 g/mol. The summed E-state index contributed by atoms with van der Waals surface area (Å²) in [4.78, 5) is 0. The number of halogens is 10. The minimum absolute atomic E-state index is 3.53. The molecule has 82 valence electrons. The molecule has 10 heteroatoms. The summed E-state index contributed by atoms with van der Waals surface area (Å²) in [7, 11) is 0. The van der Waals surface area contributed by atoms with Crippen molar-refractivity contribution in [3.63, 3.8) is 0 Å². The van der Waals surface area contributed by atoms with Crippen molar-refractivity contribution in [2.45, 2.75) is 17.2 Å². The summed E-state index contributed by atoms with van der Waals surface area (Å²) in [6.45, 7) is 0. The summed E-state index contributed by atoms with van der Waals surface area (Å²) in [5.41, 5.74) is -4.53. The van der Waals surface area contributed by atoms with Crippen molar-refractivity contribution in [2.75, 3.05) is 0 Å². The van der Waals surface area contributed by atoms with E-state index in [9.17, 15) is 35.1 Å². The van der Waals surface area contributed by atoms with E-state index in [2.05, 4.69) is 23.2 Å². The molecule has 0 amide bonds. The van der Waals surface area contributed by atoms with Gasteiger partial charge in [0.1, 0.15) is 0 Å². The highest BCUT2D eigenvalue weighted by molar-refractivity contribution is 6.22. The number of alkyl halides is 10. The zero-order valence-corrected chi connectivity index (χ0v) is 6.79. The fourth-order valence-corrected chi connectivity index (χ4v) is 0. The van der Waals surface area contributed by atoms with Gasteiger partial charge in [-0.3, -0.25) is 0 Å². The monoisotopic (exact) mass is 258 g/mol. The van der Waals surface area contributed by atoms with Gasteiger partial charge in [0.25, 0.3) is 0 Å². The Labute approximate surface area is 76.4 Å². The van der Waals surface area contributed by atoms with E-state index >= 15 is 0 Å². The lowest BCUT2D eigenvalue weighted by atomic mass is 10.7. The molecule has 0 aliphatic heterocycles. The van der Waals surface area contributed by atoms with Crippen LogP contribution < -0.4 is 0 Å². The zero-order chi connectivity index (χ0) is 11.5. The molecule has 0 bridgehead atoms. The van der Waals surface area contributed by atoms with Crippen LogP contribution in [0.15, 0.2) is 0 Å². The quantitative estimate of drug-likeness (QED) is 0.453. The summed E-state index contributed by atoms with van der Waals surface area (Å²) in [5, 5.41) is -5.09. The Morgan fingerprint density at radius 1 is 0.615 bits per heavy atom. The molecular weight excluding hydrogens is 259 g/mol. The fraction of sp³-hybridized carbons (Fsp3) is 1.00. The lowest BCUT2D eigenvalue weighted by Gasteiger charge is -2.10. The van der Waals surface area contributed by atoms with Gasteiger partial charge in [0.05, 0.1) is 0 Å². The smallest absolute Gasteiger partial charge is 0.177 e. The van der Waals surface area contributed by atoms with Gasteiger partial charge in [-0.05, 0) is 23.2 Å². The van der Waals surface area contributed by atoms with Gasteiger partial charge in [-0.15, -0.1) is 0 Å². The third-order valence-electron chi connectivity index (χ3n) is 0.321. The molecule has 0 aromatic heterocycles. The zero-order valence-electron chi connectivity index (χ0n) is 5.28. The summed E-state index contributed by atoms with van der Waals surface area (Å²) in [6.07, 6.45) is -5.63. The molecule has 0 saturated carbocycles. The van der Waals surface area contributed by atoms with Crippen LogP contribution in [-0.2, 0) is 0 Å². The third-order valence-corrected chi connectivity index (χ3v) is 0.536. The lowest BCUT2D eigenvalue weighted by Crippen LogP contribution is -2.29. The van der Waals surface area contributed by atoms with Crippen LogP contribution in [-0.4, -0.2) is 17.2 Å². The Morgan fingerprint density at radius 3 is 0.692 bits per heavy atom. The summed E-state index contributed by atoms with van der Waals surface area (Å²) < 4.78 is 84.1. The first-order chi connectivity index (χ1) is 5.25. The topological polar surface area (TPSA) is 0 Å². The van der Waals surface area contributed by atoms with Crippen LogP contribution in [0, 0.1) is 0 Å². The fourth-order valence-electron chi connectivity index (χ4n) is 0. The maximum Gasteiger partial charge on any atom is 0.475 e. The number of rotatable bonds is 0. The Morgan fingerprint density at radius 2 is 0.692 bits per heavy atom. The predicted octanol–water partition coefficient (Wildman–Crippen LogP) is 4.13. The highest BCUT2D eigenvalue weighted by Crippen LogP contribution is 2.38. The lowest BCUT2D eigenvalue weighted by molar-refractivity contribution is -0.241. The van der Waals surface area contributed by atoms with E-state index in [0.717, 1.165) is 0 Å². The molecule has 0 spiro atoms. The van der Waals surface area contributed by atoms with E-state index in [1.54, 1.807) is 0 Å². The number of hydrogen-bond acceptors (Lipinski definition) is 0. The molecule has 0 aromatic carbocycles. The summed E-state index contributed by atoms with van der Waals surface area (Å²) >= 11 is 7.08. The van der Waals surface area contributed by atoms with Crippen molar-refractivity contribution in [3.8, 4) is 0 Å². The Kier molecular flexibility index (Phi) is 5.36. The van der Waals surface area contributed by atoms with Gasteiger partial charge in [0.15, 0.2) is 0 Å². The van der Waals surface area contributed by atoms with Gasteiger partial charge in [-0.25, -0.2) is 0 Å². The molecule has 0 heterocycles. The van der Waals surface area contributed by atoms with Gasteiger partial charge in [0, 0.05) is 0 Å². The molecule has 0 rings (SSSR count).